The molecule has 1 aliphatic carbocycles. The standard InChI is InChI=1S/C20H31NO2/c1-2-3-5-10-20(22)21-18-11-13-19(14-12-18)23-16-15-17-8-6-4-7-9-17/h11-14,17H,2-10,15-16H2,1H3,(H,21,22). The number of amides is 1. The van der Waals surface area contributed by atoms with E-state index in [2.05, 4.69) is 12.2 Å². The molecule has 2 rings (SSSR count). The van der Waals surface area contributed by atoms with Gasteiger partial charge < -0.3 is 10.1 Å². The van der Waals surface area contributed by atoms with E-state index in [0.29, 0.717) is 6.42 Å². The Morgan fingerprint density at radius 1 is 1.13 bits per heavy atom. The lowest BCUT2D eigenvalue weighted by molar-refractivity contribution is -0.116. The van der Waals surface area contributed by atoms with E-state index >= 15 is 0 Å². The van der Waals surface area contributed by atoms with Crippen LogP contribution in [0.4, 0.5) is 5.69 Å². The van der Waals surface area contributed by atoms with Gasteiger partial charge in [0.1, 0.15) is 5.75 Å². The maximum absolute atomic E-state index is 11.8. The van der Waals surface area contributed by atoms with Crippen LogP contribution in [-0.4, -0.2) is 12.5 Å². The summed E-state index contributed by atoms with van der Waals surface area (Å²) in [5.41, 5.74) is 0.853. The molecule has 1 aliphatic rings. The summed E-state index contributed by atoms with van der Waals surface area (Å²) in [6, 6.07) is 7.74. The second-order valence-corrected chi connectivity index (χ2v) is 6.67. The number of carbonyl (C=O) groups excluding carboxylic acids is 1. The average Bonchev–Trinajstić information content (AvgIpc) is 2.58. The van der Waals surface area contributed by atoms with Crippen molar-refractivity contribution >= 4 is 11.6 Å². The average molecular weight is 317 g/mol. The maximum Gasteiger partial charge on any atom is 0.224 e. The molecule has 0 atom stereocenters. The highest BCUT2D eigenvalue weighted by Crippen LogP contribution is 2.26. The minimum atomic E-state index is 0.101. The van der Waals surface area contributed by atoms with Gasteiger partial charge >= 0.3 is 0 Å². The van der Waals surface area contributed by atoms with Crippen molar-refractivity contribution in [2.75, 3.05) is 11.9 Å². The summed E-state index contributed by atoms with van der Waals surface area (Å²) in [4.78, 5) is 11.8. The number of rotatable bonds is 9. The van der Waals surface area contributed by atoms with Crippen LogP contribution < -0.4 is 10.1 Å². The minimum Gasteiger partial charge on any atom is -0.494 e. The van der Waals surface area contributed by atoms with Crippen LogP contribution >= 0.6 is 0 Å². The zero-order valence-electron chi connectivity index (χ0n) is 14.5. The zero-order valence-corrected chi connectivity index (χ0v) is 14.5. The molecule has 1 N–H and O–H groups in total. The van der Waals surface area contributed by atoms with E-state index in [9.17, 15) is 4.79 Å². The lowest BCUT2D eigenvalue weighted by Crippen LogP contribution is -2.11. The fourth-order valence-corrected chi connectivity index (χ4v) is 3.21. The fourth-order valence-electron chi connectivity index (χ4n) is 3.21. The summed E-state index contributed by atoms with van der Waals surface area (Å²) < 4.78 is 5.84. The molecule has 3 heteroatoms. The van der Waals surface area contributed by atoms with Crippen molar-refractivity contribution in [1.82, 2.24) is 0 Å². The van der Waals surface area contributed by atoms with Gasteiger partial charge in [-0.25, -0.2) is 0 Å². The summed E-state index contributed by atoms with van der Waals surface area (Å²) in [5.74, 6) is 1.85. The first kappa shape index (κ1) is 17.8. The molecule has 1 amide bonds. The van der Waals surface area contributed by atoms with Crippen molar-refractivity contribution < 1.29 is 9.53 Å². The Bertz CT molecular complexity index is 449. The van der Waals surface area contributed by atoms with Crippen LogP contribution in [0.3, 0.4) is 0 Å². The molecular weight excluding hydrogens is 286 g/mol. The highest BCUT2D eigenvalue weighted by atomic mass is 16.5. The third kappa shape index (κ3) is 7.06. The second-order valence-electron chi connectivity index (χ2n) is 6.67. The number of benzene rings is 1. The molecule has 0 saturated heterocycles. The lowest BCUT2D eigenvalue weighted by atomic mass is 9.87. The summed E-state index contributed by atoms with van der Waals surface area (Å²) in [7, 11) is 0. The molecule has 1 aromatic rings. The van der Waals surface area contributed by atoms with Gasteiger partial charge in [0.05, 0.1) is 6.61 Å². The van der Waals surface area contributed by atoms with Gasteiger partial charge in [-0.3, -0.25) is 4.79 Å². The first-order chi connectivity index (χ1) is 11.3. The quantitative estimate of drug-likeness (QED) is 0.606. The molecule has 0 aliphatic heterocycles. The summed E-state index contributed by atoms with van der Waals surface area (Å²) in [5, 5.41) is 2.94. The first-order valence-corrected chi connectivity index (χ1v) is 9.30. The fraction of sp³-hybridized carbons (Fsp3) is 0.650. The second kappa shape index (κ2) is 10.3. The number of hydrogen-bond acceptors (Lipinski definition) is 2. The molecule has 0 bridgehead atoms. The van der Waals surface area contributed by atoms with Gasteiger partial charge in [0, 0.05) is 12.1 Å². The van der Waals surface area contributed by atoms with Gasteiger partial charge in [-0.15, -0.1) is 0 Å². The van der Waals surface area contributed by atoms with Crippen LogP contribution in [0.1, 0.15) is 71.1 Å². The Balaban J connectivity index is 1.66. The number of unbranched alkanes of at least 4 members (excludes halogenated alkanes) is 2. The van der Waals surface area contributed by atoms with Gasteiger partial charge in [0.25, 0.3) is 0 Å². The van der Waals surface area contributed by atoms with Crippen LogP contribution in [0.2, 0.25) is 0 Å². The SMILES string of the molecule is CCCCCC(=O)Nc1ccc(OCCC2CCCCC2)cc1. The molecular formula is C20H31NO2. The molecule has 0 unspecified atom stereocenters. The van der Waals surface area contributed by atoms with E-state index < -0.39 is 0 Å². The Morgan fingerprint density at radius 3 is 2.57 bits per heavy atom. The van der Waals surface area contributed by atoms with E-state index in [0.717, 1.165) is 49.6 Å². The number of nitrogens with one attached hydrogen (secondary N) is 1. The Hall–Kier alpha value is -1.51. The van der Waals surface area contributed by atoms with Crippen molar-refractivity contribution in [3.8, 4) is 5.75 Å². The van der Waals surface area contributed by atoms with Crippen LogP contribution in [-0.2, 0) is 4.79 Å². The van der Waals surface area contributed by atoms with Crippen molar-refractivity contribution in [1.29, 1.82) is 0 Å². The zero-order chi connectivity index (χ0) is 16.3. The van der Waals surface area contributed by atoms with Gasteiger partial charge in [-0.1, -0.05) is 51.9 Å². The van der Waals surface area contributed by atoms with Gasteiger partial charge in [0.15, 0.2) is 0 Å². The molecule has 1 saturated carbocycles. The van der Waals surface area contributed by atoms with Gasteiger partial charge in [-0.05, 0) is 43.0 Å². The summed E-state index contributed by atoms with van der Waals surface area (Å²) in [6.07, 6.45) is 11.9. The Labute approximate surface area is 140 Å². The minimum absolute atomic E-state index is 0.101. The highest BCUT2D eigenvalue weighted by Gasteiger charge is 2.13. The topological polar surface area (TPSA) is 38.3 Å². The Kier molecular flexibility index (Phi) is 7.99. The normalized spacial score (nSPS) is 15.3. The molecule has 128 valence electrons. The third-order valence-electron chi connectivity index (χ3n) is 4.67. The predicted molar refractivity (Wildman–Crippen MR) is 95.9 cm³/mol. The first-order valence-electron chi connectivity index (χ1n) is 9.30. The molecule has 23 heavy (non-hydrogen) atoms. The largest absolute Gasteiger partial charge is 0.494 e. The molecule has 3 nitrogen and oxygen atoms in total. The number of ether oxygens (including phenoxy) is 1. The van der Waals surface area contributed by atoms with Crippen molar-refractivity contribution in [3.05, 3.63) is 24.3 Å². The third-order valence-corrected chi connectivity index (χ3v) is 4.67. The van der Waals surface area contributed by atoms with Crippen molar-refractivity contribution in [3.63, 3.8) is 0 Å². The van der Waals surface area contributed by atoms with Gasteiger partial charge in [-0.2, -0.15) is 0 Å². The van der Waals surface area contributed by atoms with Crippen LogP contribution in [0.15, 0.2) is 24.3 Å². The highest BCUT2D eigenvalue weighted by molar-refractivity contribution is 5.90. The molecule has 0 aromatic heterocycles. The van der Waals surface area contributed by atoms with Crippen LogP contribution in [0, 0.1) is 5.92 Å². The maximum atomic E-state index is 11.8. The van der Waals surface area contributed by atoms with Gasteiger partial charge in [0.2, 0.25) is 5.91 Å². The molecule has 1 aromatic carbocycles. The van der Waals surface area contributed by atoms with Crippen molar-refractivity contribution in [2.24, 2.45) is 5.92 Å². The monoisotopic (exact) mass is 317 g/mol. The van der Waals surface area contributed by atoms with Crippen molar-refractivity contribution in [2.45, 2.75) is 71.1 Å². The molecule has 0 radical (unpaired) electrons. The molecule has 1 fully saturated rings. The molecule has 0 spiro atoms. The van der Waals surface area contributed by atoms with E-state index in [1.54, 1.807) is 0 Å². The van der Waals surface area contributed by atoms with Crippen LogP contribution in [0.5, 0.6) is 5.75 Å². The predicted octanol–water partition coefficient (Wildman–Crippen LogP) is 5.55. The smallest absolute Gasteiger partial charge is 0.224 e. The summed E-state index contributed by atoms with van der Waals surface area (Å²) >= 11 is 0. The number of carbonyl (C=O) groups is 1. The Morgan fingerprint density at radius 2 is 1.87 bits per heavy atom. The number of hydrogen-bond donors (Lipinski definition) is 1. The van der Waals surface area contributed by atoms with Crippen LogP contribution in [0.25, 0.3) is 0 Å². The van der Waals surface area contributed by atoms with E-state index in [1.165, 1.54) is 32.1 Å². The summed E-state index contributed by atoms with van der Waals surface area (Å²) in [6.45, 7) is 2.94. The van der Waals surface area contributed by atoms with E-state index in [4.69, 9.17) is 4.74 Å². The molecule has 0 heterocycles. The number of anilines is 1. The van der Waals surface area contributed by atoms with E-state index in [1.807, 2.05) is 24.3 Å². The van der Waals surface area contributed by atoms with E-state index in [-0.39, 0.29) is 5.91 Å². The lowest BCUT2D eigenvalue weighted by Gasteiger charge is -2.21.